The molecule has 0 fully saturated rings. The lowest BCUT2D eigenvalue weighted by Gasteiger charge is -2.15. The number of aromatic nitrogens is 2. The van der Waals surface area contributed by atoms with Gasteiger partial charge in [0.2, 0.25) is 0 Å². The van der Waals surface area contributed by atoms with Gasteiger partial charge in [-0.15, -0.1) is 0 Å². The molecule has 0 radical (unpaired) electrons. The third kappa shape index (κ3) is 2.99. The fourth-order valence-electron chi connectivity index (χ4n) is 1.88. The highest BCUT2D eigenvalue weighted by atomic mass is 16.5. The molecule has 0 aliphatic heterocycles. The van der Waals surface area contributed by atoms with E-state index < -0.39 is 0 Å². The molecular formula is C14H20N4O. The minimum atomic E-state index is 0.0951. The third-order valence-electron chi connectivity index (χ3n) is 2.71. The molecule has 0 aliphatic rings. The van der Waals surface area contributed by atoms with Gasteiger partial charge in [0, 0.05) is 13.2 Å². The number of nitrogens with one attached hydrogen (secondary N) is 1. The number of nitrogens with zero attached hydrogens (tertiary/aromatic N) is 2. The molecule has 0 saturated carbocycles. The van der Waals surface area contributed by atoms with Crippen molar-refractivity contribution in [1.29, 1.82) is 0 Å². The molecule has 0 atom stereocenters. The summed E-state index contributed by atoms with van der Waals surface area (Å²) in [6, 6.07) is 5.72. The van der Waals surface area contributed by atoms with E-state index in [9.17, 15) is 0 Å². The fraction of sp³-hybridized carbons (Fsp3) is 0.357. The molecule has 1 heterocycles. The quantitative estimate of drug-likeness (QED) is 0.830. The predicted molar refractivity (Wildman–Crippen MR) is 77.8 cm³/mol. The van der Waals surface area contributed by atoms with E-state index in [1.54, 1.807) is 4.68 Å². The van der Waals surface area contributed by atoms with Crippen molar-refractivity contribution in [2.75, 3.05) is 11.1 Å². The Kier molecular flexibility index (Phi) is 3.64. The van der Waals surface area contributed by atoms with Crippen LogP contribution >= 0.6 is 0 Å². The summed E-state index contributed by atoms with van der Waals surface area (Å²) in [6.07, 6.45) is 2.02. The van der Waals surface area contributed by atoms with Crippen LogP contribution in [0.4, 0.5) is 17.1 Å². The molecule has 102 valence electrons. The van der Waals surface area contributed by atoms with Gasteiger partial charge in [-0.3, -0.25) is 4.68 Å². The Balaban J connectivity index is 2.28. The van der Waals surface area contributed by atoms with Crippen LogP contribution in [0.15, 0.2) is 24.4 Å². The Labute approximate surface area is 113 Å². The van der Waals surface area contributed by atoms with Crippen molar-refractivity contribution in [2.24, 2.45) is 7.05 Å². The van der Waals surface area contributed by atoms with Gasteiger partial charge in [-0.25, -0.2) is 0 Å². The zero-order valence-corrected chi connectivity index (χ0v) is 11.8. The number of benzene rings is 1. The first-order chi connectivity index (χ1) is 8.97. The normalized spacial score (nSPS) is 10.8. The van der Waals surface area contributed by atoms with Crippen LogP contribution in [0.3, 0.4) is 0 Å². The van der Waals surface area contributed by atoms with Crippen LogP contribution in [0.5, 0.6) is 5.75 Å². The lowest BCUT2D eigenvalue weighted by Crippen LogP contribution is -2.08. The van der Waals surface area contributed by atoms with Crippen LogP contribution < -0.4 is 15.8 Å². The molecule has 3 N–H and O–H groups in total. The molecule has 1 aromatic carbocycles. The summed E-state index contributed by atoms with van der Waals surface area (Å²) in [5.74, 6) is 0.696. The topological polar surface area (TPSA) is 65.1 Å². The molecule has 2 rings (SSSR count). The first-order valence-electron chi connectivity index (χ1n) is 6.29. The highest BCUT2D eigenvalue weighted by Crippen LogP contribution is 2.32. The van der Waals surface area contributed by atoms with Gasteiger partial charge in [-0.2, -0.15) is 5.10 Å². The number of ether oxygens (including phenoxy) is 1. The number of anilines is 3. The van der Waals surface area contributed by atoms with E-state index in [0.717, 1.165) is 17.1 Å². The van der Waals surface area contributed by atoms with Crippen molar-refractivity contribution in [2.45, 2.75) is 26.9 Å². The molecule has 19 heavy (non-hydrogen) atoms. The van der Waals surface area contributed by atoms with Crippen molar-refractivity contribution < 1.29 is 4.74 Å². The maximum absolute atomic E-state index is 6.12. The molecular weight excluding hydrogens is 240 g/mol. The van der Waals surface area contributed by atoms with Crippen molar-refractivity contribution >= 4 is 17.1 Å². The van der Waals surface area contributed by atoms with Crippen molar-refractivity contribution in [3.63, 3.8) is 0 Å². The van der Waals surface area contributed by atoms with Crippen LogP contribution in [-0.2, 0) is 7.05 Å². The second kappa shape index (κ2) is 5.22. The Hall–Kier alpha value is -2.17. The minimum absolute atomic E-state index is 0.0951. The molecule has 0 saturated heterocycles. The largest absolute Gasteiger partial charge is 0.489 e. The van der Waals surface area contributed by atoms with Crippen molar-refractivity contribution in [3.05, 3.63) is 30.1 Å². The van der Waals surface area contributed by atoms with Gasteiger partial charge >= 0.3 is 0 Å². The third-order valence-corrected chi connectivity index (χ3v) is 2.71. The highest BCUT2D eigenvalue weighted by Gasteiger charge is 2.10. The first kappa shape index (κ1) is 13.3. The second-order valence-corrected chi connectivity index (χ2v) is 4.81. The van der Waals surface area contributed by atoms with Gasteiger partial charge < -0.3 is 15.8 Å². The van der Waals surface area contributed by atoms with E-state index in [-0.39, 0.29) is 6.10 Å². The molecule has 5 nitrogen and oxygen atoms in total. The van der Waals surface area contributed by atoms with Gasteiger partial charge in [0.05, 0.1) is 28.9 Å². The number of aryl methyl sites for hydroxylation is 2. The Morgan fingerprint density at radius 1 is 1.32 bits per heavy atom. The van der Waals surface area contributed by atoms with Gasteiger partial charge in [0.25, 0.3) is 0 Å². The Bertz CT molecular complexity index is 575. The van der Waals surface area contributed by atoms with E-state index in [2.05, 4.69) is 10.4 Å². The van der Waals surface area contributed by atoms with Crippen molar-refractivity contribution in [3.8, 4) is 5.75 Å². The predicted octanol–water partition coefficient (Wildman–Crippen LogP) is 2.84. The summed E-state index contributed by atoms with van der Waals surface area (Å²) >= 11 is 0. The summed E-state index contributed by atoms with van der Waals surface area (Å²) in [4.78, 5) is 0. The molecule has 0 spiro atoms. The number of hydrogen-bond donors (Lipinski definition) is 2. The summed E-state index contributed by atoms with van der Waals surface area (Å²) in [5, 5.41) is 7.58. The first-order valence-corrected chi connectivity index (χ1v) is 6.29. The molecule has 1 aromatic heterocycles. The van der Waals surface area contributed by atoms with Gasteiger partial charge in [-0.1, -0.05) is 6.07 Å². The van der Waals surface area contributed by atoms with Crippen LogP contribution in [0.2, 0.25) is 0 Å². The number of hydrogen-bond acceptors (Lipinski definition) is 4. The Morgan fingerprint density at radius 3 is 2.63 bits per heavy atom. The van der Waals surface area contributed by atoms with Crippen LogP contribution in [0.25, 0.3) is 0 Å². The lowest BCUT2D eigenvalue weighted by molar-refractivity contribution is 0.244. The van der Waals surface area contributed by atoms with Crippen LogP contribution in [-0.4, -0.2) is 15.9 Å². The van der Waals surface area contributed by atoms with Crippen molar-refractivity contribution in [1.82, 2.24) is 9.78 Å². The van der Waals surface area contributed by atoms with Gasteiger partial charge in [0.15, 0.2) is 0 Å². The smallest absolute Gasteiger partial charge is 0.144 e. The van der Waals surface area contributed by atoms with E-state index in [4.69, 9.17) is 10.5 Å². The molecule has 5 heteroatoms. The number of rotatable bonds is 4. The summed E-state index contributed by atoms with van der Waals surface area (Å²) < 4.78 is 7.44. The zero-order chi connectivity index (χ0) is 14.0. The molecule has 0 bridgehead atoms. The van der Waals surface area contributed by atoms with E-state index in [1.165, 1.54) is 0 Å². The molecule has 0 unspecified atom stereocenters. The molecule has 0 aliphatic carbocycles. The second-order valence-electron chi connectivity index (χ2n) is 4.81. The number of nitrogens with two attached hydrogens (primary N) is 1. The zero-order valence-electron chi connectivity index (χ0n) is 11.8. The monoisotopic (exact) mass is 260 g/mol. The lowest BCUT2D eigenvalue weighted by atomic mass is 10.2. The summed E-state index contributed by atoms with van der Waals surface area (Å²) in [6.45, 7) is 5.91. The number of para-hydroxylation sites is 1. The summed E-state index contributed by atoms with van der Waals surface area (Å²) in [7, 11) is 1.89. The maximum Gasteiger partial charge on any atom is 0.144 e. The van der Waals surface area contributed by atoms with Crippen LogP contribution in [0, 0.1) is 6.92 Å². The average molecular weight is 260 g/mol. The van der Waals surface area contributed by atoms with Gasteiger partial charge in [-0.05, 0) is 32.9 Å². The molecule has 2 aromatic rings. The van der Waals surface area contributed by atoms with E-state index in [1.807, 2.05) is 52.2 Å². The SMILES string of the molecule is Cc1nn(C)cc1Nc1cccc(OC(C)C)c1N. The van der Waals surface area contributed by atoms with Crippen LogP contribution in [0.1, 0.15) is 19.5 Å². The van der Waals surface area contributed by atoms with Gasteiger partial charge in [0.1, 0.15) is 5.75 Å². The average Bonchev–Trinajstić information content (AvgIpc) is 2.62. The summed E-state index contributed by atoms with van der Waals surface area (Å²) in [5.41, 5.74) is 9.43. The standard InChI is InChI=1S/C14H20N4O/c1-9(2)19-13-7-5-6-11(14(13)15)16-12-8-18(4)17-10(12)3/h5-9,16H,15H2,1-4H3. The highest BCUT2D eigenvalue weighted by molar-refractivity contribution is 5.77. The van der Waals surface area contributed by atoms with E-state index in [0.29, 0.717) is 11.4 Å². The fourth-order valence-corrected chi connectivity index (χ4v) is 1.88. The number of nitrogen functional groups attached to an aromatic ring is 1. The van der Waals surface area contributed by atoms with E-state index >= 15 is 0 Å². The maximum atomic E-state index is 6.12. The Morgan fingerprint density at radius 2 is 2.05 bits per heavy atom. The minimum Gasteiger partial charge on any atom is -0.489 e. The molecule has 0 amide bonds.